The second-order valence-corrected chi connectivity index (χ2v) is 4.46. The van der Waals surface area contributed by atoms with E-state index in [1.54, 1.807) is 0 Å². The molecule has 4 nitrogen and oxygen atoms in total. The van der Waals surface area contributed by atoms with Gasteiger partial charge in [-0.1, -0.05) is 0 Å². The summed E-state index contributed by atoms with van der Waals surface area (Å²) >= 11 is -1.54. The third kappa shape index (κ3) is 7.90. The lowest BCUT2D eigenvalue weighted by molar-refractivity contribution is 0.122. The highest BCUT2D eigenvalue weighted by Gasteiger charge is 2.01. The zero-order valence-corrected chi connectivity index (χ0v) is 9.93. The van der Waals surface area contributed by atoms with E-state index in [0.29, 0.717) is 13.2 Å². The second kappa shape index (κ2) is 9.27. The molecule has 5 heteroatoms. The topological polar surface area (TPSA) is 44.8 Å². The Labute approximate surface area is 94.2 Å². The number of hydrogen-bond acceptors (Lipinski definition) is 4. The van der Waals surface area contributed by atoms with E-state index in [0.717, 1.165) is 51.7 Å². The van der Waals surface area contributed by atoms with Gasteiger partial charge in [0.15, 0.2) is 0 Å². The van der Waals surface area contributed by atoms with Gasteiger partial charge in [0.1, 0.15) is 0 Å². The molecule has 0 amide bonds. The predicted octanol–water partition coefficient (Wildman–Crippen LogP) is 1.97. The first-order valence-corrected chi connectivity index (χ1v) is 6.65. The van der Waals surface area contributed by atoms with E-state index in [-0.39, 0.29) is 0 Å². The lowest BCUT2D eigenvalue weighted by Gasteiger charge is -2.07. The van der Waals surface area contributed by atoms with Crippen LogP contribution < -0.4 is 0 Å². The van der Waals surface area contributed by atoms with Crippen molar-refractivity contribution < 1.29 is 17.3 Å². The van der Waals surface area contributed by atoms with Gasteiger partial charge in [0.25, 0.3) is 0 Å². The van der Waals surface area contributed by atoms with Crippen molar-refractivity contribution in [1.29, 1.82) is 0 Å². The molecule has 0 radical (unpaired) electrons. The second-order valence-electron chi connectivity index (χ2n) is 3.58. The summed E-state index contributed by atoms with van der Waals surface area (Å²) in [6.07, 6.45) is 6.04. The average Bonchev–Trinajstić information content (AvgIpc) is 2.24. The van der Waals surface area contributed by atoms with E-state index in [2.05, 4.69) is 0 Å². The molecule has 0 aromatic heterocycles. The van der Waals surface area contributed by atoms with Gasteiger partial charge in [-0.05, 0) is 38.5 Å². The van der Waals surface area contributed by atoms with E-state index in [4.69, 9.17) is 13.1 Å². The molecule has 1 heterocycles. The molecule has 0 saturated carbocycles. The summed E-state index contributed by atoms with van der Waals surface area (Å²) in [6, 6.07) is 0. The summed E-state index contributed by atoms with van der Waals surface area (Å²) in [5.74, 6) is 0. The zero-order chi connectivity index (χ0) is 10.8. The first-order chi connectivity index (χ1) is 7.39. The summed E-state index contributed by atoms with van der Waals surface area (Å²) in [4.78, 5) is 0. The third-order valence-electron chi connectivity index (χ3n) is 2.23. The van der Waals surface area contributed by atoms with E-state index < -0.39 is 11.4 Å². The largest absolute Gasteiger partial charge is 0.381 e. The number of hydrogen-bond donors (Lipinski definition) is 0. The normalized spacial score (nSPS) is 24.5. The smallest absolute Gasteiger partial charge is 0.304 e. The summed E-state index contributed by atoms with van der Waals surface area (Å²) in [5.41, 5.74) is 0. The van der Waals surface area contributed by atoms with Crippen LogP contribution in [0.25, 0.3) is 0 Å². The van der Waals surface area contributed by atoms with Crippen LogP contribution in [0.5, 0.6) is 0 Å². The van der Waals surface area contributed by atoms with Gasteiger partial charge in [0, 0.05) is 13.2 Å². The minimum atomic E-state index is -1.54. The minimum Gasteiger partial charge on any atom is -0.381 e. The van der Waals surface area contributed by atoms with Crippen molar-refractivity contribution in [3.63, 3.8) is 0 Å². The van der Waals surface area contributed by atoms with Crippen LogP contribution in [-0.4, -0.2) is 30.6 Å². The fourth-order valence-electron chi connectivity index (χ4n) is 1.36. The lowest BCUT2D eigenvalue weighted by Crippen LogP contribution is -2.06. The van der Waals surface area contributed by atoms with Gasteiger partial charge in [0.05, 0.1) is 13.2 Å². The highest BCUT2D eigenvalue weighted by atomic mass is 32.2. The first kappa shape index (κ1) is 13.1. The zero-order valence-electron chi connectivity index (χ0n) is 9.11. The summed E-state index contributed by atoms with van der Waals surface area (Å²) in [6.45, 7) is 2.68. The molecule has 0 aromatic carbocycles. The lowest BCUT2D eigenvalue weighted by atomic mass is 10.2. The van der Waals surface area contributed by atoms with Crippen LogP contribution in [0.4, 0.5) is 0 Å². The van der Waals surface area contributed by atoms with Gasteiger partial charge in [-0.2, -0.15) is 4.21 Å². The van der Waals surface area contributed by atoms with Crippen LogP contribution in [0.1, 0.15) is 38.5 Å². The van der Waals surface area contributed by atoms with Gasteiger partial charge in [-0.15, -0.1) is 0 Å². The fraction of sp³-hybridized carbons (Fsp3) is 1.00. The Bertz CT molecular complexity index is 159. The van der Waals surface area contributed by atoms with Crippen molar-refractivity contribution in [1.82, 2.24) is 0 Å². The van der Waals surface area contributed by atoms with Crippen LogP contribution in [0.3, 0.4) is 0 Å². The molecule has 0 atom stereocenters. The molecule has 0 bridgehead atoms. The molecule has 1 rings (SSSR count). The quantitative estimate of drug-likeness (QED) is 0.645. The Hall–Kier alpha value is 0.0300. The highest BCUT2D eigenvalue weighted by molar-refractivity contribution is 7.75. The Kier molecular flexibility index (Phi) is 8.09. The molecule has 1 fully saturated rings. The molecular formula is C10H20O4S. The van der Waals surface area contributed by atoms with E-state index in [1.165, 1.54) is 0 Å². The maximum Gasteiger partial charge on any atom is 0.304 e. The third-order valence-corrected chi connectivity index (χ3v) is 2.94. The van der Waals surface area contributed by atoms with Crippen LogP contribution >= 0.6 is 0 Å². The molecular weight excluding hydrogens is 216 g/mol. The van der Waals surface area contributed by atoms with Gasteiger partial charge in [-0.25, -0.2) is 0 Å². The van der Waals surface area contributed by atoms with Crippen LogP contribution in [-0.2, 0) is 24.5 Å². The summed E-state index contributed by atoms with van der Waals surface area (Å²) < 4.78 is 26.5. The molecule has 1 saturated heterocycles. The average molecular weight is 236 g/mol. The van der Waals surface area contributed by atoms with E-state index in [1.807, 2.05) is 0 Å². The maximum absolute atomic E-state index is 11.1. The molecule has 0 N–H and O–H groups in total. The van der Waals surface area contributed by atoms with Gasteiger partial charge in [-0.3, -0.25) is 8.37 Å². The molecule has 0 spiro atoms. The molecule has 1 aliphatic heterocycles. The van der Waals surface area contributed by atoms with Crippen LogP contribution in [0, 0.1) is 0 Å². The Balaban J connectivity index is 2.13. The summed E-state index contributed by atoms with van der Waals surface area (Å²) in [5, 5.41) is 0. The van der Waals surface area contributed by atoms with Gasteiger partial charge < -0.3 is 4.74 Å². The van der Waals surface area contributed by atoms with Crippen molar-refractivity contribution in [2.75, 3.05) is 26.4 Å². The predicted molar refractivity (Wildman–Crippen MR) is 58.6 cm³/mol. The Morgan fingerprint density at radius 1 is 0.667 bits per heavy atom. The minimum absolute atomic E-state index is 0.507. The van der Waals surface area contributed by atoms with Crippen LogP contribution in [0.15, 0.2) is 0 Å². The standard InChI is InChI=1S/C10H20O4S/c11-15-13-9-5-1-3-7-12-8-4-2-6-10-14-15/h1-10H2. The Morgan fingerprint density at radius 2 is 1.13 bits per heavy atom. The molecule has 15 heavy (non-hydrogen) atoms. The van der Waals surface area contributed by atoms with Crippen molar-refractivity contribution in [3.05, 3.63) is 0 Å². The monoisotopic (exact) mass is 236 g/mol. The van der Waals surface area contributed by atoms with Crippen molar-refractivity contribution in [3.8, 4) is 0 Å². The number of ether oxygens (including phenoxy) is 1. The van der Waals surface area contributed by atoms with Crippen molar-refractivity contribution in [2.24, 2.45) is 0 Å². The summed E-state index contributed by atoms with van der Waals surface area (Å²) in [7, 11) is 0. The number of rotatable bonds is 0. The van der Waals surface area contributed by atoms with E-state index >= 15 is 0 Å². The van der Waals surface area contributed by atoms with Crippen LogP contribution in [0.2, 0.25) is 0 Å². The molecule has 0 aromatic rings. The molecule has 90 valence electrons. The van der Waals surface area contributed by atoms with Crippen molar-refractivity contribution >= 4 is 11.4 Å². The van der Waals surface area contributed by atoms with Gasteiger partial charge >= 0.3 is 11.4 Å². The molecule has 0 aliphatic carbocycles. The SMILES string of the molecule is O=S1OCCCCCOCCCCCO1. The van der Waals surface area contributed by atoms with E-state index in [9.17, 15) is 4.21 Å². The maximum atomic E-state index is 11.1. The first-order valence-electron chi connectivity index (χ1n) is 5.65. The fourth-order valence-corrected chi connectivity index (χ4v) is 1.93. The molecule has 1 aliphatic rings. The molecule has 0 unspecified atom stereocenters. The Morgan fingerprint density at radius 3 is 1.67 bits per heavy atom. The highest BCUT2D eigenvalue weighted by Crippen LogP contribution is 2.03. The van der Waals surface area contributed by atoms with Crippen molar-refractivity contribution in [2.45, 2.75) is 38.5 Å². The van der Waals surface area contributed by atoms with Gasteiger partial charge in [0.2, 0.25) is 0 Å².